The molecule has 0 aliphatic heterocycles. The van der Waals surface area contributed by atoms with Crippen LogP contribution in [0, 0.1) is 5.82 Å². The Morgan fingerprint density at radius 2 is 2.12 bits per heavy atom. The largest absolute Gasteiger partial charge is 0.294 e. The Morgan fingerprint density at radius 1 is 1.35 bits per heavy atom. The Hall–Kier alpha value is -1.20. The van der Waals surface area contributed by atoms with Crippen molar-refractivity contribution in [3.63, 3.8) is 0 Å². The number of halogens is 1. The monoisotopic (exact) mass is 267 g/mol. The van der Waals surface area contributed by atoms with Crippen LogP contribution in [0.15, 0.2) is 40.2 Å². The third-order valence-electron chi connectivity index (χ3n) is 2.13. The van der Waals surface area contributed by atoms with Gasteiger partial charge in [0.1, 0.15) is 10.2 Å². The van der Waals surface area contributed by atoms with Gasteiger partial charge in [0.25, 0.3) is 0 Å². The molecule has 0 saturated carbocycles. The summed E-state index contributed by atoms with van der Waals surface area (Å²) in [6.45, 7) is 0. The van der Waals surface area contributed by atoms with Gasteiger partial charge in [-0.3, -0.25) is 4.79 Å². The number of aromatic nitrogens is 1. The van der Waals surface area contributed by atoms with Crippen LogP contribution in [0.5, 0.6) is 0 Å². The van der Waals surface area contributed by atoms with Gasteiger partial charge in [-0.1, -0.05) is 11.8 Å². The highest BCUT2D eigenvalue weighted by Gasteiger charge is 2.06. The lowest BCUT2D eigenvalue weighted by molar-refractivity contribution is 0.0989. The van der Waals surface area contributed by atoms with Crippen LogP contribution in [0.4, 0.5) is 4.39 Å². The summed E-state index contributed by atoms with van der Waals surface area (Å²) in [5.74, 6) is 0.414. The van der Waals surface area contributed by atoms with E-state index in [1.165, 1.54) is 24.3 Å². The summed E-state index contributed by atoms with van der Waals surface area (Å²) in [7, 11) is 0. The molecular weight excluding hydrogens is 257 g/mol. The zero-order chi connectivity index (χ0) is 12.1. The minimum Gasteiger partial charge on any atom is -0.294 e. The molecule has 0 aliphatic carbocycles. The van der Waals surface area contributed by atoms with Crippen LogP contribution in [0.3, 0.4) is 0 Å². The Morgan fingerprint density at radius 3 is 2.76 bits per heavy atom. The first-order valence-electron chi connectivity index (χ1n) is 5.07. The number of hydrogen-bond donors (Lipinski definition) is 0. The fourth-order valence-electron chi connectivity index (χ4n) is 1.29. The van der Waals surface area contributed by atoms with Crippen LogP contribution >= 0.6 is 23.1 Å². The Labute approximate surface area is 107 Å². The predicted octanol–water partition coefficient (Wildman–Crippen LogP) is 3.65. The SMILES string of the molecule is O=C(CCSc1nccs1)c1ccc(F)cc1. The number of hydrogen-bond acceptors (Lipinski definition) is 4. The molecule has 0 saturated heterocycles. The number of rotatable bonds is 5. The number of ketones is 1. The van der Waals surface area contributed by atoms with Crippen molar-refractivity contribution in [2.24, 2.45) is 0 Å². The van der Waals surface area contributed by atoms with Crippen molar-refractivity contribution in [3.05, 3.63) is 47.2 Å². The molecule has 0 N–H and O–H groups in total. The van der Waals surface area contributed by atoms with Crippen molar-refractivity contribution >= 4 is 28.9 Å². The number of Topliss-reactive ketones (excluding diaryl/α,β-unsaturated/α-hetero) is 1. The van der Waals surface area contributed by atoms with Gasteiger partial charge in [-0.2, -0.15) is 0 Å². The fourth-order valence-corrected chi connectivity index (χ4v) is 2.94. The molecule has 0 bridgehead atoms. The molecule has 2 nitrogen and oxygen atoms in total. The van der Waals surface area contributed by atoms with E-state index in [2.05, 4.69) is 4.98 Å². The average molecular weight is 267 g/mol. The third kappa shape index (κ3) is 3.64. The summed E-state index contributed by atoms with van der Waals surface area (Å²) < 4.78 is 13.6. The summed E-state index contributed by atoms with van der Waals surface area (Å²) in [4.78, 5) is 15.8. The van der Waals surface area contributed by atoms with E-state index in [0.29, 0.717) is 17.7 Å². The smallest absolute Gasteiger partial charge is 0.163 e. The first kappa shape index (κ1) is 12.3. The number of benzene rings is 1. The van der Waals surface area contributed by atoms with Crippen molar-refractivity contribution in [2.75, 3.05) is 5.75 Å². The second-order valence-corrected chi connectivity index (χ2v) is 5.56. The maximum atomic E-state index is 12.7. The van der Waals surface area contributed by atoms with Gasteiger partial charge in [-0.15, -0.1) is 11.3 Å². The van der Waals surface area contributed by atoms with Crippen molar-refractivity contribution in [3.8, 4) is 0 Å². The van der Waals surface area contributed by atoms with Crippen LogP contribution in [0.1, 0.15) is 16.8 Å². The second kappa shape index (κ2) is 5.93. The predicted molar refractivity (Wildman–Crippen MR) is 68.2 cm³/mol. The molecule has 2 rings (SSSR count). The van der Waals surface area contributed by atoms with Crippen LogP contribution in [0.25, 0.3) is 0 Å². The maximum absolute atomic E-state index is 12.7. The first-order chi connectivity index (χ1) is 8.25. The molecule has 0 amide bonds. The Bertz CT molecular complexity index is 482. The summed E-state index contributed by atoms with van der Waals surface area (Å²) in [6.07, 6.45) is 2.19. The molecule has 88 valence electrons. The highest BCUT2D eigenvalue weighted by atomic mass is 32.2. The van der Waals surface area contributed by atoms with Crippen molar-refractivity contribution in [1.29, 1.82) is 0 Å². The van der Waals surface area contributed by atoms with Gasteiger partial charge in [0.2, 0.25) is 0 Å². The highest BCUT2D eigenvalue weighted by Crippen LogP contribution is 2.21. The minimum absolute atomic E-state index is 0.0362. The highest BCUT2D eigenvalue weighted by molar-refractivity contribution is 8.01. The lowest BCUT2D eigenvalue weighted by atomic mass is 10.1. The van der Waals surface area contributed by atoms with E-state index in [-0.39, 0.29) is 11.6 Å². The summed E-state index contributed by atoms with van der Waals surface area (Å²) >= 11 is 3.13. The van der Waals surface area contributed by atoms with Gasteiger partial charge in [0.15, 0.2) is 5.78 Å². The number of carbonyl (C=O) groups is 1. The van der Waals surface area contributed by atoms with Gasteiger partial charge >= 0.3 is 0 Å². The quantitative estimate of drug-likeness (QED) is 0.612. The van der Waals surface area contributed by atoms with Crippen LogP contribution < -0.4 is 0 Å². The minimum atomic E-state index is -0.321. The first-order valence-corrected chi connectivity index (χ1v) is 6.93. The summed E-state index contributed by atoms with van der Waals surface area (Å²) in [6, 6.07) is 5.65. The van der Waals surface area contributed by atoms with Crippen molar-refractivity contribution in [1.82, 2.24) is 4.98 Å². The molecule has 0 aliphatic rings. The molecular formula is C12H10FNOS2. The van der Waals surface area contributed by atoms with E-state index in [1.807, 2.05) is 5.38 Å². The lowest BCUT2D eigenvalue weighted by Crippen LogP contribution is -2.00. The number of thioether (sulfide) groups is 1. The zero-order valence-electron chi connectivity index (χ0n) is 8.93. The molecule has 2 aromatic rings. The summed E-state index contributed by atoms with van der Waals surface area (Å²) in [5.41, 5.74) is 0.561. The van der Waals surface area contributed by atoms with Gasteiger partial charge < -0.3 is 0 Å². The van der Waals surface area contributed by atoms with Gasteiger partial charge in [-0.25, -0.2) is 9.37 Å². The summed E-state index contributed by atoms with van der Waals surface area (Å²) in [5, 5.41) is 1.91. The van der Waals surface area contributed by atoms with Crippen LogP contribution in [-0.4, -0.2) is 16.5 Å². The van der Waals surface area contributed by atoms with E-state index >= 15 is 0 Å². The molecule has 0 fully saturated rings. The van der Waals surface area contributed by atoms with Gasteiger partial charge in [0.05, 0.1) is 0 Å². The van der Waals surface area contributed by atoms with Gasteiger partial charge in [-0.05, 0) is 24.3 Å². The molecule has 0 atom stereocenters. The van der Waals surface area contributed by atoms with Gasteiger partial charge in [0, 0.05) is 29.3 Å². The molecule has 0 spiro atoms. The fraction of sp³-hybridized carbons (Fsp3) is 0.167. The third-order valence-corrected chi connectivity index (χ3v) is 4.10. The number of carbonyl (C=O) groups excluding carboxylic acids is 1. The van der Waals surface area contributed by atoms with E-state index < -0.39 is 0 Å². The molecule has 17 heavy (non-hydrogen) atoms. The molecule has 5 heteroatoms. The molecule has 1 heterocycles. The molecule has 0 unspecified atom stereocenters. The van der Waals surface area contributed by atoms with Crippen molar-refractivity contribution < 1.29 is 9.18 Å². The van der Waals surface area contributed by atoms with E-state index in [9.17, 15) is 9.18 Å². The van der Waals surface area contributed by atoms with E-state index in [4.69, 9.17) is 0 Å². The Kier molecular flexibility index (Phi) is 4.28. The van der Waals surface area contributed by atoms with Crippen LogP contribution in [-0.2, 0) is 0 Å². The second-order valence-electron chi connectivity index (χ2n) is 3.33. The topological polar surface area (TPSA) is 30.0 Å². The van der Waals surface area contributed by atoms with E-state index in [1.54, 1.807) is 29.3 Å². The normalized spacial score (nSPS) is 10.4. The molecule has 1 aromatic heterocycles. The number of nitrogens with zero attached hydrogens (tertiary/aromatic N) is 1. The lowest BCUT2D eigenvalue weighted by Gasteiger charge is -1.99. The number of thiazole rings is 1. The van der Waals surface area contributed by atoms with Crippen LogP contribution in [0.2, 0.25) is 0 Å². The van der Waals surface area contributed by atoms with E-state index in [0.717, 1.165) is 4.34 Å². The van der Waals surface area contributed by atoms with Crippen molar-refractivity contribution in [2.45, 2.75) is 10.8 Å². The Balaban J connectivity index is 1.83. The standard InChI is InChI=1S/C12H10FNOS2/c13-10-3-1-9(2-4-10)11(15)5-7-16-12-14-6-8-17-12/h1-4,6,8H,5,7H2. The molecule has 1 aromatic carbocycles. The molecule has 0 radical (unpaired) electrons. The maximum Gasteiger partial charge on any atom is 0.163 e. The average Bonchev–Trinajstić information content (AvgIpc) is 2.83. The zero-order valence-corrected chi connectivity index (χ0v) is 10.6.